The van der Waals surface area contributed by atoms with E-state index in [-0.39, 0.29) is 67.9 Å². The maximum Gasteiger partial charge on any atom is 0.129 e. The highest BCUT2D eigenvalue weighted by Crippen LogP contribution is 2.30. The summed E-state index contributed by atoms with van der Waals surface area (Å²) in [5.41, 5.74) is 0. The van der Waals surface area contributed by atoms with Gasteiger partial charge in [0.1, 0.15) is 78.5 Å². The second-order valence-electron chi connectivity index (χ2n) is 13.8. The van der Waals surface area contributed by atoms with Gasteiger partial charge in [0.15, 0.2) is 0 Å². The lowest BCUT2D eigenvalue weighted by molar-refractivity contribution is -1.08. The van der Waals surface area contributed by atoms with Crippen LogP contribution in [0.4, 0.5) is 0 Å². The third kappa shape index (κ3) is 11.6. The number of hydrogen-bond acceptors (Lipinski definition) is 0. The van der Waals surface area contributed by atoms with Crippen LogP contribution < -0.4 is 67.9 Å². The first-order valence-electron chi connectivity index (χ1n) is 16.5. The lowest BCUT2D eigenvalue weighted by atomic mass is 10.0. The SMILES string of the molecule is CCCCCCC[N+]12CC[N+](CCCCC[N+]34CC[N+](CCCCCCC)(CC3)CC4)(CC1)CC2.[Br-].[Br-].[Br-].[Br-]. The van der Waals surface area contributed by atoms with E-state index in [9.17, 15) is 0 Å². The Morgan fingerprint density at radius 2 is 0.462 bits per heavy atom. The average molecular weight is 812 g/mol. The van der Waals surface area contributed by atoms with Crippen molar-refractivity contribution in [3.63, 3.8) is 0 Å². The monoisotopic (exact) mass is 808 g/mol. The summed E-state index contributed by atoms with van der Waals surface area (Å²) in [6, 6.07) is 0. The molecule has 4 nitrogen and oxygen atoms in total. The fourth-order valence-electron chi connectivity index (χ4n) is 8.40. The molecule has 0 radical (unpaired) electrons. The number of piperazine rings is 6. The summed E-state index contributed by atoms with van der Waals surface area (Å²) in [5, 5.41) is 0. The zero-order valence-corrected chi connectivity index (χ0v) is 32.2. The van der Waals surface area contributed by atoms with E-state index >= 15 is 0 Å². The van der Waals surface area contributed by atoms with Crippen LogP contribution in [0.25, 0.3) is 0 Å². The van der Waals surface area contributed by atoms with E-state index in [0.29, 0.717) is 0 Å². The minimum Gasteiger partial charge on any atom is -1.00 e. The topological polar surface area (TPSA) is 0 Å². The van der Waals surface area contributed by atoms with Gasteiger partial charge in [0.25, 0.3) is 0 Å². The molecule has 6 rings (SSSR count). The molecule has 0 saturated carbocycles. The third-order valence-electron chi connectivity index (χ3n) is 11.5. The molecule has 0 aliphatic carbocycles. The Bertz CT molecular complexity index is 535. The standard InChI is InChI=1S/C31H64N4.4BrH/c1-3-5-7-9-12-16-32-20-26-34(27-21-32,28-22-32)18-14-11-15-19-35-29-23-33(24-30-35,25-31-35)17-13-10-8-6-4-2;;;;/h3-31H2,1-2H3;4*1H/q+4;;;;/p-4. The van der Waals surface area contributed by atoms with Gasteiger partial charge in [-0.05, 0) is 44.9 Å². The largest absolute Gasteiger partial charge is 1.00 e. The maximum absolute atomic E-state index is 2.33. The van der Waals surface area contributed by atoms with E-state index in [0.717, 1.165) is 0 Å². The molecule has 0 aromatic rings. The van der Waals surface area contributed by atoms with Crippen LogP contribution in [0.3, 0.4) is 0 Å². The molecule has 0 atom stereocenters. The second-order valence-corrected chi connectivity index (χ2v) is 13.8. The smallest absolute Gasteiger partial charge is 0.129 e. The number of unbranched alkanes of at least 4 members (excludes halogenated alkanes) is 10. The molecule has 6 saturated heterocycles. The Hall–Kier alpha value is 1.76. The van der Waals surface area contributed by atoms with Gasteiger partial charge in [-0.3, -0.25) is 0 Å². The van der Waals surface area contributed by atoms with Crippen molar-refractivity contribution < 1.29 is 85.9 Å². The van der Waals surface area contributed by atoms with Gasteiger partial charge in [0, 0.05) is 0 Å². The molecule has 0 aromatic heterocycles. The molecule has 0 aromatic carbocycles. The van der Waals surface area contributed by atoms with E-state index in [1.807, 2.05) is 0 Å². The lowest BCUT2D eigenvalue weighted by Gasteiger charge is -2.56. The van der Waals surface area contributed by atoms with Crippen molar-refractivity contribution in [3.8, 4) is 0 Å². The molecule has 0 amide bonds. The molecule has 6 aliphatic heterocycles. The van der Waals surface area contributed by atoms with Crippen LogP contribution >= 0.6 is 0 Å². The van der Waals surface area contributed by atoms with E-state index in [2.05, 4.69) is 13.8 Å². The number of halogens is 4. The van der Waals surface area contributed by atoms with Crippen molar-refractivity contribution in [3.05, 3.63) is 0 Å². The molecule has 0 spiro atoms. The highest BCUT2D eigenvalue weighted by molar-refractivity contribution is 4.65. The molecule has 236 valence electrons. The molecule has 39 heavy (non-hydrogen) atoms. The van der Waals surface area contributed by atoms with E-state index in [1.165, 1.54) is 206 Å². The minimum atomic E-state index is 0. The van der Waals surface area contributed by atoms with Gasteiger partial charge in [-0.2, -0.15) is 0 Å². The molecular weight excluding hydrogens is 748 g/mol. The molecular formula is C31H64Br4N4. The van der Waals surface area contributed by atoms with Gasteiger partial charge < -0.3 is 85.9 Å². The van der Waals surface area contributed by atoms with Crippen molar-refractivity contribution in [1.29, 1.82) is 0 Å². The predicted octanol–water partition coefficient (Wildman–Crippen LogP) is -6.56. The summed E-state index contributed by atoms with van der Waals surface area (Å²) in [7, 11) is 0. The van der Waals surface area contributed by atoms with Gasteiger partial charge in [0.2, 0.25) is 0 Å². The van der Waals surface area contributed by atoms with Crippen LogP contribution in [0.2, 0.25) is 0 Å². The summed E-state index contributed by atoms with van der Waals surface area (Å²) in [6.07, 6.45) is 19.0. The summed E-state index contributed by atoms with van der Waals surface area (Å²) < 4.78 is 5.97. The van der Waals surface area contributed by atoms with Crippen molar-refractivity contribution in [2.75, 3.05) is 105 Å². The van der Waals surface area contributed by atoms with E-state index in [1.54, 1.807) is 0 Å². The molecule has 0 N–H and O–H groups in total. The maximum atomic E-state index is 2.33. The fourth-order valence-corrected chi connectivity index (χ4v) is 8.40. The van der Waals surface area contributed by atoms with Crippen LogP contribution in [0.1, 0.15) is 97.3 Å². The highest BCUT2D eigenvalue weighted by Gasteiger charge is 2.49. The fraction of sp³-hybridized carbons (Fsp3) is 1.00. The Labute approximate surface area is 286 Å². The molecule has 6 aliphatic rings. The molecule has 6 heterocycles. The van der Waals surface area contributed by atoms with Crippen LogP contribution in [0, 0.1) is 0 Å². The summed E-state index contributed by atoms with van der Waals surface area (Å²) in [5.74, 6) is 0. The lowest BCUT2D eigenvalue weighted by Crippen LogP contribution is -3.00. The Kier molecular flexibility index (Phi) is 20.8. The first kappa shape index (κ1) is 40.8. The van der Waals surface area contributed by atoms with Crippen LogP contribution in [0.5, 0.6) is 0 Å². The van der Waals surface area contributed by atoms with Gasteiger partial charge in [0.05, 0.1) is 26.2 Å². The van der Waals surface area contributed by atoms with Crippen LogP contribution in [-0.2, 0) is 0 Å². The zero-order chi connectivity index (χ0) is 24.5. The summed E-state index contributed by atoms with van der Waals surface area (Å²) in [6.45, 7) is 28.5. The Balaban J connectivity index is 0.00000361. The van der Waals surface area contributed by atoms with Crippen molar-refractivity contribution in [2.24, 2.45) is 0 Å². The van der Waals surface area contributed by atoms with Gasteiger partial charge >= 0.3 is 0 Å². The zero-order valence-electron chi connectivity index (χ0n) is 25.8. The van der Waals surface area contributed by atoms with Gasteiger partial charge in [-0.1, -0.05) is 52.4 Å². The quantitative estimate of drug-likeness (QED) is 0.0957. The number of rotatable bonds is 18. The van der Waals surface area contributed by atoms with Crippen molar-refractivity contribution >= 4 is 0 Å². The Morgan fingerprint density at radius 3 is 0.667 bits per heavy atom. The summed E-state index contributed by atoms with van der Waals surface area (Å²) >= 11 is 0. The minimum absolute atomic E-state index is 0. The van der Waals surface area contributed by atoms with Crippen LogP contribution in [0.15, 0.2) is 0 Å². The van der Waals surface area contributed by atoms with Gasteiger partial charge in [-0.25, -0.2) is 0 Å². The molecule has 4 bridgehead atoms. The van der Waals surface area contributed by atoms with Gasteiger partial charge in [-0.15, -0.1) is 0 Å². The first-order valence-corrected chi connectivity index (χ1v) is 16.5. The molecule has 0 unspecified atom stereocenters. The Morgan fingerprint density at radius 1 is 0.282 bits per heavy atom. The van der Waals surface area contributed by atoms with Crippen molar-refractivity contribution in [1.82, 2.24) is 0 Å². The highest BCUT2D eigenvalue weighted by atomic mass is 79.9. The first-order chi connectivity index (χ1) is 17.1. The van der Waals surface area contributed by atoms with Crippen LogP contribution in [-0.4, -0.2) is 123 Å². The second kappa shape index (κ2) is 19.9. The average Bonchev–Trinajstić information content (AvgIpc) is 2.91. The number of fused-ring (bicyclic) bond motifs is 6. The molecule has 6 fully saturated rings. The van der Waals surface area contributed by atoms with E-state index in [4.69, 9.17) is 0 Å². The van der Waals surface area contributed by atoms with E-state index < -0.39 is 0 Å². The molecule has 8 heteroatoms. The number of quaternary nitrogens is 4. The third-order valence-corrected chi connectivity index (χ3v) is 11.5. The van der Waals surface area contributed by atoms with Crippen molar-refractivity contribution in [2.45, 2.75) is 97.3 Å². The number of nitrogens with zero attached hydrogens (tertiary/aromatic N) is 4. The normalized spacial score (nSPS) is 32.5. The predicted molar refractivity (Wildman–Crippen MR) is 150 cm³/mol. The number of hydrogen-bond donors (Lipinski definition) is 0. The summed E-state index contributed by atoms with van der Waals surface area (Å²) in [4.78, 5) is 0.